The number of carboxylic acids is 1. The zero-order valence-electron chi connectivity index (χ0n) is 19.9. The fourth-order valence-electron chi connectivity index (χ4n) is 4.42. The first-order valence-corrected chi connectivity index (χ1v) is 11.3. The molecule has 0 radical (unpaired) electrons. The summed E-state index contributed by atoms with van der Waals surface area (Å²) >= 11 is 0. The Morgan fingerprint density at radius 3 is 2.26 bits per heavy atom. The molecule has 35 heavy (non-hydrogen) atoms. The number of fused-ring (bicyclic) bond motifs is 3. The minimum Gasteiger partial charge on any atom is -0.481 e. The van der Waals surface area contributed by atoms with Crippen LogP contribution in [-0.4, -0.2) is 46.0 Å². The molecule has 1 aliphatic rings. The van der Waals surface area contributed by atoms with Gasteiger partial charge < -0.3 is 15.2 Å². The van der Waals surface area contributed by atoms with Crippen LogP contribution in [0.3, 0.4) is 0 Å². The highest BCUT2D eigenvalue weighted by atomic mass is 16.5. The predicted molar refractivity (Wildman–Crippen MR) is 130 cm³/mol. The monoisotopic (exact) mass is 476 g/mol. The molecule has 9 nitrogen and oxygen atoms in total. The molecule has 1 aliphatic carbocycles. The van der Waals surface area contributed by atoms with E-state index >= 15 is 0 Å². The summed E-state index contributed by atoms with van der Waals surface area (Å²) in [6.07, 6.45) is 0.586. The molecule has 0 bridgehead atoms. The van der Waals surface area contributed by atoms with Crippen molar-refractivity contribution in [2.75, 3.05) is 18.5 Å². The van der Waals surface area contributed by atoms with Crippen LogP contribution in [0, 0.1) is 5.41 Å². The number of amides is 2. The molecular formula is C26H28N4O5. The van der Waals surface area contributed by atoms with Gasteiger partial charge in [-0.05, 0) is 27.7 Å². The molecule has 4 rings (SSSR count). The first-order valence-electron chi connectivity index (χ1n) is 11.3. The molecule has 0 aliphatic heterocycles. The minimum atomic E-state index is -0.942. The van der Waals surface area contributed by atoms with Crippen molar-refractivity contribution in [3.63, 3.8) is 0 Å². The van der Waals surface area contributed by atoms with Gasteiger partial charge in [0.05, 0.1) is 18.3 Å². The maximum absolute atomic E-state index is 12.8. The van der Waals surface area contributed by atoms with E-state index in [2.05, 4.69) is 27.9 Å². The van der Waals surface area contributed by atoms with Crippen molar-refractivity contribution >= 4 is 23.7 Å². The van der Waals surface area contributed by atoms with Gasteiger partial charge in [0.25, 0.3) is 5.91 Å². The number of carbonyl (C=O) groups excluding carboxylic acids is 2. The summed E-state index contributed by atoms with van der Waals surface area (Å²) in [5.74, 6) is -1.50. The molecule has 1 heterocycles. The number of aliphatic carboxylic acids is 1. The van der Waals surface area contributed by atoms with Crippen LogP contribution in [0.15, 0.2) is 54.7 Å². The lowest BCUT2D eigenvalue weighted by atomic mass is 9.89. The zero-order chi connectivity index (χ0) is 25.2. The van der Waals surface area contributed by atoms with Gasteiger partial charge in [0.15, 0.2) is 0 Å². The van der Waals surface area contributed by atoms with E-state index in [4.69, 9.17) is 9.84 Å². The topological polar surface area (TPSA) is 123 Å². The van der Waals surface area contributed by atoms with E-state index in [1.165, 1.54) is 10.9 Å². The molecule has 0 fully saturated rings. The first kappa shape index (κ1) is 24.0. The van der Waals surface area contributed by atoms with Gasteiger partial charge in [0.1, 0.15) is 12.3 Å². The van der Waals surface area contributed by atoms with Gasteiger partial charge in [-0.3, -0.25) is 19.6 Å². The highest BCUT2D eigenvalue weighted by Gasteiger charge is 2.29. The molecule has 9 heteroatoms. The molecule has 0 spiro atoms. The van der Waals surface area contributed by atoms with Gasteiger partial charge in [0, 0.05) is 19.5 Å². The molecule has 0 saturated carbocycles. The molecule has 3 N–H and O–H groups in total. The number of aromatic nitrogens is 2. The van der Waals surface area contributed by atoms with Gasteiger partial charge in [0.2, 0.25) is 0 Å². The lowest BCUT2D eigenvalue weighted by molar-refractivity contribution is -0.139. The fourth-order valence-corrected chi connectivity index (χ4v) is 4.42. The summed E-state index contributed by atoms with van der Waals surface area (Å²) in [6, 6.07) is 16.1. The van der Waals surface area contributed by atoms with E-state index < -0.39 is 23.4 Å². The van der Waals surface area contributed by atoms with E-state index in [-0.39, 0.29) is 36.9 Å². The Kier molecular flexibility index (Phi) is 6.59. The fraction of sp³-hybridized carbons (Fsp3) is 0.308. The van der Waals surface area contributed by atoms with E-state index in [0.29, 0.717) is 0 Å². The van der Waals surface area contributed by atoms with E-state index in [1.807, 2.05) is 36.4 Å². The van der Waals surface area contributed by atoms with Crippen LogP contribution in [-0.2, 0) is 16.6 Å². The van der Waals surface area contributed by atoms with Crippen LogP contribution in [0.25, 0.3) is 11.1 Å². The average Bonchev–Trinajstić information content (AvgIpc) is 3.33. The van der Waals surface area contributed by atoms with Crippen molar-refractivity contribution in [2.45, 2.75) is 26.2 Å². The third-order valence-electron chi connectivity index (χ3n) is 6.09. The normalized spacial score (nSPS) is 12.5. The molecule has 3 aromatic rings. The Balaban J connectivity index is 1.41. The van der Waals surface area contributed by atoms with Gasteiger partial charge >= 0.3 is 12.1 Å². The number of ether oxygens (including phenoxy) is 1. The number of aryl methyl sites for hydroxylation is 1. The second-order valence-electron chi connectivity index (χ2n) is 9.40. The Morgan fingerprint density at radius 1 is 1.06 bits per heavy atom. The van der Waals surface area contributed by atoms with Crippen molar-refractivity contribution in [2.24, 2.45) is 12.5 Å². The van der Waals surface area contributed by atoms with Crippen molar-refractivity contribution in [1.29, 1.82) is 0 Å². The van der Waals surface area contributed by atoms with Crippen LogP contribution in [0.1, 0.15) is 47.8 Å². The molecule has 0 saturated heterocycles. The molecule has 1 aromatic heterocycles. The maximum atomic E-state index is 12.8. The number of rotatable bonds is 8. The molecular weight excluding hydrogens is 448 g/mol. The van der Waals surface area contributed by atoms with Crippen LogP contribution in [0.5, 0.6) is 0 Å². The summed E-state index contributed by atoms with van der Waals surface area (Å²) in [6.45, 7) is 3.79. The van der Waals surface area contributed by atoms with Crippen LogP contribution in [0.4, 0.5) is 10.5 Å². The van der Waals surface area contributed by atoms with E-state index in [9.17, 15) is 14.4 Å². The van der Waals surface area contributed by atoms with Gasteiger partial charge in [-0.15, -0.1) is 0 Å². The van der Waals surface area contributed by atoms with Gasteiger partial charge in [-0.2, -0.15) is 5.10 Å². The number of carboxylic acid groups (broad SMARTS) is 1. The third kappa shape index (κ3) is 5.18. The summed E-state index contributed by atoms with van der Waals surface area (Å²) in [7, 11) is 1.58. The van der Waals surface area contributed by atoms with Crippen molar-refractivity contribution in [3.8, 4) is 11.1 Å². The maximum Gasteiger partial charge on any atom is 0.411 e. The minimum absolute atomic E-state index is 0.0821. The quantitative estimate of drug-likeness (QED) is 0.451. The highest BCUT2D eigenvalue weighted by Crippen LogP contribution is 2.44. The van der Waals surface area contributed by atoms with Crippen LogP contribution >= 0.6 is 0 Å². The Hall–Kier alpha value is -4.14. The van der Waals surface area contributed by atoms with Crippen LogP contribution in [0.2, 0.25) is 0 Å². The lowest BCUT2D eigenvalue weighted by Gasteiger charge is -2.22. The summed E-state index contributed by atoms with van der Waals surface area (Å²) < 4.78 is 6.91. The molecule has 0 unspecified atom stereocenters. The van der Waals surface area contributed by atoms with Crippen molar-refractivity contribution in [1.82, 2.24) is 15.1 Å². The second-order valence-corrected chi connectivity index (χ2v) is 9.40. The lowest BCUT2D eigenvalue weighted by Crippen LogP contribution is -2.36. The molecule has 182 valence electrons. The average molecular weight is 477 g/mol. The Morgan fingerprint density at radius 2 is 1.66 bits per heavy atom. The number of carbonyl (C=O) groups is 3. The number of nitrogens with one attached hydrogen (secondary N) is 2. The largest absolute Gasteiger partial charge is 0.481 e. The standard InChI is InChI=1S/C26H28N4O5/c1-26(2,12-22(31)32)15-27-24(33)23-21(13-28-30(23)3)29-25(34)35-14-20-18-10-6-4-8-16(18)17-9-5-7-11-19(17)20/h4-11,13,20H,12,14-15H2,1-3H3,(H,27,33)(H,29,34)(H,31,32). The highest BCUT2D eigenvalue weighted by molar-refractivity contribution is 6.01. The number of anilines is 1. The van der Waals surface area contributed by atoms with E-state index in [1.54, 1.807) is 20.9 Å². The van der Waals surface area contributed by atoms with Gasteiger partial charge in [-0.25, -0.2) is 4.79 Å². The smallest absolute Gasteiger partial charge is 0.411 e. The summed E-state index contributed by atoms with van der Waals surface area (Å²) in [5.41, 5.74) is 4.19. The zero-order valence-corrected chi connectivity index (χ0v) is 19.9. The number of nitrogens with zero attached hydrogens (tertiary/aromatic N) is 2. The SMILES string of the molecule is Cn1ncc(NC(=O)OCC2c3ccccc3-c3ccccc32)c1C(=O)NCC(C)(C)CC(=O)O. The first-order chi connectivity index (χ1) is 16.7. The predicted octanol–water partition coefficient (Wildman–Crippen LogP) is 4.01. The molecule has 2 aromatic carbocycles. The Labute approximate surface area is 203 Å². The molecule has 0 atom stereocenters. The Bertz CT molecular complexity index is 1230. The van der Waals surface area contributed by atoms with Crippen LogP contribution < -0.4 is 10.6 Å². The number of hydrogen-bond donors (Lipinski definition) is 3. The number of benzene rings is 2. The third-order valence-corrected chi connectivity index (χ3v) is 6.09. The second kappa shape index (κ2) is 9.61. The van der Waals surface area contributed by atoms with Crippen molar-refractivity contribution in [3.05, 3.63) is 71.5 Å². The van der Waals surface area contributed by atoms with E-state index in [0.717, 1.165) is 22.3 Å². The van der Waals surface area contributed by atoms with Crippen molar-refractivity contribution < 1.29 is 24.2 Å². The molecule has 2 amide bonds. The summed E-state index contributed by atoms with van der Waals surface area (Å²) in [5, 5.41) is 18.4. The summed E-state index contributed by atoms with van der Waals surface area (Å²) in [4.78, 5) is 36.5. The van der Waals surface area contributed by atoms with Gasteiger partial charge in [-0.1, -0.05) is 62.4 Å². The number of hydrogen-bond acceptors (Lipinski definition) is 5.